The van der Waals surface area contributed by atoms with E-state index in [0.717, 1.165) is 32.6 Å². The molecule has 0 aliphatic heterocycles. The smallest absolute Gasteiger partial charge is 0.336 e. The van der Waals surface area contributed by atoms with Crippen LogP contribution in [-0.2, 0) is 6.54 Å². The minimum Gasteiger partial charge on any atom is -0.422 e. The fourth-order valence-electron chi connectivity index (χ4n) is 3.32. The Labute approximate surface area is 162 Å². The van der Waals surface area contributed by atoms with Crippen LogP contribution in [0.25, 0.3) is 21.2 Å². The third kappa shape index (κ3) is 3.29. The molecule has 138 valence electrons. The number of rotatable bonds is 4. The number of thiazole rings is 1. The van der Waals surface area contributed by atoms with Crippen molar-refractivity contribution < 1.29 is 4.42 Å². The molecule has 0 N–H and O–H groups in total. The van der Waals surface area contributed by atoms with Gasteiger partial charge in [0.2, 0.25) is 0 Å². The first-order valence-corrected chi connectivity index (χ1v) is 9.84. The number of benzene rings is 2. The van der Waals surface area contributed by atoms with Gasteiger partial charge in [0.05, 0.1) is 16.3 Å². The van der Waals surface area contributed by atoms with Gasteiger partial charge in [-0.25, -0.2) is 9.78 Å². The summed E-state index contributed by atoms with van der Waals surface area (Å²) >= 11 is 1.72. The number of aryl methyl sites for hydroxylation is 2. The van der Waals surface area contributed by atoms with Gasteiger partial charge in [-0.05, 0) is 56.6 Å². The quantitative estimate of drug-likeness (QED) is 0.457. The molecular weight excluding hydrogens is 356 g/mol. The van der Waals surface area contributed by atoms with Crippen molar-refractivity contribution in [1.29, 1.82) is 0 Å². The van der Waals surface area contributed by atoms with Crippen molar-refractivity contribution in [1.82, 2.24) is 9.88 Å². The fourth-order valence-corrected chi connectivity index (χ4v) is 4.40. The number of fused-ring (bicyclic) bond motifs is 2. The Kier molecular flexibility index (Phi) is 4.58. The van der Waals surface area contributed by atoms with Crippen LogP contribution in [0.1, 0.15) is 34.7 Å². The van der Waals surface area contributed by atoms with Gasteiger partial charge in [-0.15, -0.1) is 11.3 Å². The van der Waals surface area contributed by atoms with E-state index in [1.165, 1.54) is 4.70 Å². The molecular formula is C22H22N2O2S. The lowest BCUT2D eigenvalue weighted by Gasteiger charge is -2.23. The van der Waals surface area contributed by atoms with Crippen LogP contribution in [0.15, 0.2) is 51.7 Å². The van der Waals surface area contributed by atoms with Crippen LogP contribution in [0.5, 0.6) is 0 Å². The van der Waals surface area contributed by atoms with Crippen molar-refractivity contribution in [3.8, 4) is 0 Å². The molecule has 2 aromatic carbocycles. The number of aromatic nitrogens is 1. The number of hydrogen-bond acceptors (Lipinski definition) is 5. The summed E-state index contributed by atoms with van der Waals surface area (Å²) in [5.41, 5.74) is 4.56. The average Bonchev–Trinajstić information content (AvgIpc) is 3.08. The molecule has 0 saturated carbocycles. The average molecular weight is 378 g/mol. The van der Waals surface area contributed by atoms with Gasteiger partial charge in [0.15, 0.2) is 0 Å². The van der Waals surface area contributed by atoms with E-state index >= 15 is 0 Å². The highest BCUT2D eigenvalue weighted by atomic mass is 32.1. The number of para-hydroxylation sites is 1. The minimum absolute atomic E-state index is 0.149. The van der Waals surface area contributed by atoms with Gasteiger partial charge < -0.3 is 4.42 Å². The highest BCUT2D eigenvalue weighted by Gasteiger charge is 2.18. The molecule has 4 rings (SSSR count). The van der Waals surface area contributed by atoms with Crippen LogP contribution in [0.3, 0.4) is 0 Å². The van der Waals surface area contributed by atoms with E-state index in [0.29, 0.717) is 12.1 Å². The molecule has 0 aliphatic rings. The lowest BCUT2D eigenvalue weighted by molar-refractivity contribution is 0.253. The maximum Gasteiger partial charge on any atom is 0.336 e. The molecule has 0 amide bonds. The van der Waals surface area contributed by atoms with Crippen LogP contribution in [0.2, 0.25) is 0 Å². The molecule has 0 aliphatic carbocycles. The Hall–Kier alpha value is -2.50. The highest BCUT2D eigenvalue weighted by Crippen LogP contribution is 2.30. The van der Waals surface area contributed by atoms with Gasteiger partial charge in [0, 0.05) is 18.0 Å². The summed E-state index contributed by atoms with van der Waals surface area (Å²) in [5.74, 6) is 0. The lowest BCUT2D eigenvalue weighted by atomic mass is 10.0. The molecule has 5 heteroatoms. The Morgan fingerprint density at radius 2 is 1.96 bits per heavy atom. The Morgan fingerprint density at radius 1 is 1.19 bits per heavy atom. The van der Waals surface area contributed by atoms with E-state index in [1.807, 2.05) is 38.1 Å². The number of nitrogens with zero attached hydrogens (tertiary/aromatic N) is 2. The van der Waals surface area contributed by atoms with Crippen molar-refractivity contribution in [3.05, 3.63) is 74.6 Å². The van der Waals surface area contributed by atoms with E-state index in [4.69, 9.17) is 9.40 Å². The third-order valence-electron chi connectivity index (χ3n) is 5.27. The molecule has 0 fully saturated rings. The molecule has 2 heterocycles. The molecule has 4 nitrogen and oxygen atoms in total. The summed E-state index contributed by atoms with van der Waals surface area (Å²) in [6.07, 6.45) is 0. The standard InChI is InChI=1S/C22H22N2O2S/c1-13-9-10-17-16(11-20(25)26-21(17)14(13)2)12-24(4)15(3)22-23-18-7-5-6-8-19(18)27-22/h5-11,15H,12H2,1-4H3/t15-/m0/s1. The molecule has 0 saturated heterocycles. The molecule has 0 bridgehead atoms. The molecule has 0 radical (unpaired) electrons. The maximum absolute atomic E-state index is 12.1. The van der Waals surface area contributed by atoms with E-state index < -0.39 is 0 Å². The predicted molar refractivity (Wildman–Crippen MR) is 111 cm³/mol. The molecule has 0 spiro atoms. The van der Waals surface area contributed by atoms with E-state index in [1.54, 1.807) is 17.4 Å². The summed E-state index contributed by atoms with van der Waals surface area (Å²) in [4.78, 5) is 19.1. The highest BCUT2D eigenvalue weighted by molar-refractivity contribution is 7.18. The first-order valence-electron chi connectivity index (χ1n) is 9.02. The monoisotopic (exact) mass is 378 g/mol. The van der Waals surface area contributed by atoms with E-state index in [-0.39, 0.29) is 11.7 Å². The summed E-state index contributed by atoms with van der Waals surface area (Å²) in [6, 6.07) is 14.1. The lowest BCUT2D eigenvalue weighted by Crippen LogP contribution is -2.22. The van der Waals surface area contributed by atoms with Crippen LogP contribution in [0, 0.1) is 13.8 Å². The molecule has 2 aromatic heterocycles. The van der Waals surface area contributed by atoms with Gasteiger partial charge in [-0.3, -0.25) is 4.90 Å². The molecule has 4 aromatic rings. The van der Waals surface area contributed by atoms with E-state index in [9.17, 15) is 4.79 Å². The minimum atomic E-state index is -0.299. The maximum atomic E-state index is 12.1. The Bertz CT molecular complexity index is 1160. The van der Waals surface area contributed by atoms with Crippen LogP contribution >= 0.6 is 11.3 Å². The molecule has 1 atom stereocenters. The zero-order valence-corrected chi connectivity index (χ0v) is 16.8. The zero-order valence-electron chi connectivity index (χ0n) is 15.9. The van der Waals surface area contributed by atoms with Crippen LogP contribution in [-0.4, -0.2) is 16.9 Å². The van der Waals surface area contributed by atoms with E-state index in [2.05, 4.69) is 31.0 Å². The zero-order chi connectivity index (χ0) is 19.1. The third-order valence-corrected chi connectivity index (χ3v) is 6.47. The Balaban J connectivity index is 1.69. The molecule has 0 unspecified atom stereocenters. The van der Waals surface area contributed by atoms with Crippen molar-refractivity contribution in [2.75, 3.05) is 7.05 Å². The van der Waals surface area contributed by atoms with Crippen molar-refractivity contribution in [2.24, 2.45) is 0 Å². The van der Waals surface area contributed by atoms with Gasteiger partial charge in [-0.1, -0.05) is 24.3 Å². The summed E-state index contributed by atoms with van der Waals surface area (Å²) in [5, 5.41) is 2.08. The van der Waals surface area contributed by atoms with Gasteiger partial charge in [0.1, 0.15) is 10.6 Å². The van der Waals surface area contributed by atoms with Gasteiger partial charge in [0.25, 0.3) is 0 Å². The van der Waals surface area contributed by atoms with Gasteiger partial charge in [-0.2, -0.15) is 0 Å². The van der Waals surface area contributed by atoms with Crippen molar-refractivity contribution >= 4 is 32.5 Å². The second-order valence-corrected chi connectivity index (χ2v) is 8.15. The summed E-state index contributed by atoms with van der Waals surface area (Å²) < 4.78 is 6.69. The largest absolute Gasteiger partial charge is 0.422 e. The fraction of sp³-hybridized carbons (Fsp3) is 0.273. The first-order chi connectivity index (χ1) is 12.9. The van der Waals surface area contributed by atoms with Crippen LogP contribution < -0.4 is 5.63 Å². The second-order valence-electron chi connectivity index (χ2n) is 7.09. The topological polar surface area (TPSA) is 46.3 Å². The summed E-state index contributed by atoms with van der Waals surface area (Å²) in [7, 11) is 2.07. The van der Waals surface area contributed by atoms with Gasteiger partial charge >= 0.3 is 5.63 Å². The van der Waals surface area contributed by atoms with Crippen molar-refractivity contribution in [3.63, 3.8) is 0 Å². The molecule has 27 heavy (non-hydrogen) atoms. The normalized spacial score (nSPS) is 12.9. The van der Waals surface area contributed by atoms with Crippen LogP contribution in [0.4, 0.5) is 0 Å². The summed E-state index contributed by atoms with van der Waals surface area (Å²) in [6.45, 7) is 6.84. The second kappa shape index (κ2) is 6.91. The SMILES string of the molecule is Cc1ccc2c(CN(C)[C@@H](C)c3nc4ccccc4s3)cc(=O)oc2c1C. The Morgan fingerprint density at radius 3 is 2.74 bits per heavy atom. The first kappa shape index (κ1) is 17.9. The van der Waals surface area contributed by atoms with Crippen molar-refractivity contribution in [2.45, 2.75) is 33.4 Å². The predicted octanol–water partition coefficient (Wildman–Crippen LogP) is 5.21. The number of hydrogen-bond donors (Lipinski definition) is 0.